The summed E-state index contributed by atoms with van der Waals surface area (Å²) in [6.07, 6.45) is 5.85. The largest absolute Gasteiger partial charge is 0.493 e. The van der Waals surface area contributed by atoms with E-state index in [1.807, 2.05) is 49.6 Å². The van der Waals surface area contributed by atoms with Crippen LogP contribution < -0.4 is 14.8 Å². The van der Waals surface area contributed by atoms with Crippen molar-refractivity contribution in [1.29, 1.82) is 0 Å². The topological polar surface area (TPSA) is 71.1 Å². The van der Waals surface area contributed by atoms with E-state index in [9.17, 15) is 9.59 Å². The molecule has 33 heavy (non-hydrogen) atoms. The number of amides is 3. The minimum absolute atomic E-state index is 0.0219. The molecule has 4 aliphatic heterocycles. The first kappa shape index (κ1) is 21.9. The monoisotopic (exact) mass is 451 g/mol. The van der Waals surface area contributed by atoms with Crippen molar-refractivity contribution in [3.05, 3.63) is 46.7 Å². The predicted molar refractivity (Wildman–Crippen MR) is 125 cm³/mol. The van der Waals surface area contributed by atoms with E-state index in [1.165, 1.54) is 0 Å². The summed E-state index contributed by atoms with van der Waals surface area (Å²) in [4.78, 5) is 30.4. The van der Waals surface area contributed by atoms with Gasteiger partial charge in [0.05, 0.1) is 6.61 Å². The number of likely N-dealkylation sites (tertiary alicyclic amines) is 2. The van der Waals surface area contributed by atoms with Crippen molar-refractivity contribution in [3.8, 4) is 11.5 Å². The van der Waals surface area contributed by atoms with Gasteiger partial charge in [-0.25, -0.2) is 4.79 Å². The summed E-state index contributed by atoms with van der Waals surface area (Å²) in [5.74, 6) is 1.93. The minimum atomic E-state index is -0.809. The SMILES string of the molecule is CC=C1C(=CC)C2(COc3cc4c(cc32)CCO4)C(=O)N1CC1CCN(C(=O)NC(C)C)C1. The summed E-state index contributed by atoms with van der Waals surface area (Å²) >= 11 is 0. The standard InChI is InChI=1S/C26H33N3O4/c1-5-19-21(6-2)29(14-17-7-9-28(13-17)25(31)27-16(3)4)24(30)26(19)15-33-23-12-22-18(8-10-32-22)11-20(23)26/h5-6,11-12,16-17H,7-10,13-15H2,1-4H3,(H,27,31). The molecule has 0 aromatic heterocycles. The fraction of sp³-hybridized carbons (Fsp3) is 0.538. The van der Waals surface area contributed by atoms with Gasteiger partial charge in [0.1, 0.15) is 23.5 Å². The highest BCUT2D eigenvalue weighted by molar-refractivity contribution is 6.01. The summed E-state index contributed by atoms with van der Waals surface area (Å²) in [5, 5.41) is 2.97. The van der Waals surface area contributed by atoms with Gasteiger partial charge in [-0.3, -0.25) is 4.79 Å². The van der Waals surface area contributed by atoms with E-state index in [4.69, 9.17) is 9.47 Å². The number of ether oxygens (including phenoxy) is 2. The Bertz CT molecular complexity index is 1060. The van der Waals surface area contributed by atoms with Crippen molar-refractivity contribution in [2.45, 2.75) is 52.0 Å². The number of hydrogen-bond donors (Lipinski definition) is 1. The van der Waals surface area contributed by atoms with Crippen LogP contribution in [-0.4, -0.2) is 60.6 Å². The van der Waals surface area contributed by atoms with Crippen LogP contribution in [0.25, 0.3) is 0 Å². The highest BCUT2D eigenvalue weighted by Gasteiger charge is 2.59. The Morgan fingerprint density at radius 1 is 1.24 bits per heavy atom. The second-order valence-electron chi connectivity index (χ2n) is 9.75. The molecule has 1 aromatic carbocycles. The molecule has 1 N–H and O–H groups in total. The molecule has 0 bridgehead atoms. The molecule has 7 nitrogen and oxygen atoms in total. The third kappa shape index (κ3) is 3.31. The Hall–Kier alpha value is -2.96. The van der Waals surface area contributed by atoms with Gasteiger partial charge in [0, 0.05) is 49.4 Å². The fourth-order valence-electron chi connectivity index (χ4n) is 5.79. The molecule has 1 aromatic rings. The summed E-state index contributed by atoms with van der Waals surface area (Å²) in [6, 6.07) is 4.16. The van der Waals surface area contributed by atoms with E-state index >= 15 is 0 Å². The van der Waals surface area contributed by atoms with Gasteiger partial charge in [-0.2, -0.15) is 0 Å². The number of hydrogen-bond acceptors (Lipinski definition) is 4. The zero-order valence-corrected chi connectivity index (χ0v) is 19.9. The van der Waals surface area contributed by atoms with Crippen LogP contribution in [0.3, 0.4) is 0 Å². The lowest BCUT2D eigenvalue weighted by atomic mass is 9.76. The summed E-state index contributed by atoms with van der Waals surface area (Å²) in [5.41, 5.74) is 3.26. The molecule has 4 heterocycles. The number of rotatable bonds is 3. The van der Waals surface area contributed by atoms with Crippen LogP contribution in [0.4, 0.5) is 4.79 Å². The first-order valence-corrected chi connectivity index (χ1v) is 12.0. The van der Waals surface area contributed by atoms with Crippen molar-refractivity contribution in [2.75, 3.05) is 32.8 Å². The molecular weight excluding hydrogens is 418 g/mol. The molecular formula is C26H33N3O4. The summed E-state index contributed by atoms with van der Waals surface area (Å²) in [7, 11) is 0. The van der Waals surface area contributed by atoms with Crippen molar-refractivity contribution >= 4 is 11.9 Å². The number of nitrogens with one attached hydrogen (secondary N) is 1. The minimum Gasteiger partial charge on any atom is -0.493 e. The average molecular weight is 452 g/mol. The molecule has 7 heteroatoms. The Morgan fingerprint density at radius 2 is 2.06 bits per heavy atom. The van der Waals surface area contributed by atoms with Gasteiger partial charge in [-0.1, -0.05) is 12.2 Å². The molecule has 3 amide bonds. The van der Waals surface area contributed by atoms with Gasteiger partial charge in [-0.15, -0.1) is 0 Å². The van der Waals surface area contributed by atoms with Crippen LogP contribution in [0.2, 0.25) is 0 Å². The number of urea groups is 1. The molecule has 4 aliphatic rings. The smallest absolute Gasteiger partial charge is 0.317 e. The van der Waals surface area contributed by atoms with Gasteiger partial charge in [0.25, 0.3) is 0 Å². The maximum atomic E-state index is 14.1. The summed E-state index contributed by atoms with van der Waals surface area (Å²) < 4.78 is 11.8. The van der Waals surface area contributed by atoms with Crippen LogP contribution in [0.5, 0.6) is 11.5 Å². The first-order chi connectivity index (χ1) is 15.9. The van der Waals surface area contributed by atoms with Crippen molar-refractivity contribution in [2.24, 2.45) is 5.92 Å². The fourth-order valence-corrected chi connectivity index (χ4v) is 5.79. The Morgan fingerprint density at radius 3 is 2.79 bits per heavy atom. The van der Waals surface area contributed by atoms with E-state index in [2.05, 4.69) is 17.5 Å². The number of carbonyl (C=O) groups is 2. The van der Waals surface area contributed by atoms with Gasteiger partial charge >= 0.3 is 6.03 Å². The molecule has 2 unspecified atom stereocenters. The molecule has 0 radical (unpaired) electrons. The van der Waals surface area contributed by atoms with Gasteiger partial charge in [0.15, 0.2) is 0 Å². The van der Waals surface area contributed by atoms with Crippen LogP contribution >= 0.6 is 0 Å². The van der Waals surface area contributed by atoms with Crippen LogP contribution in [0, 0.1) is 5.92 Å². The van der Waals surface area contributed by atoms with Crippen molar-refractivity contribution in [3.63, 3.8) is 0 Å². The van der Waals surface area contributed by atoms with Crippen LogP contribution in [0.15, 0.2) is 35.6 Å². The highest BCUT2D eigenvalue weighted by atomic mass is 16.5. The molecule has 2 saturated heterocycles. The maximum Gasteiger partial charge on any atom is 0.317 e. The number of allylic oxidation sites excluding steroid dienone is 3. The number of carbonyl (C=O) groups excluding carboxylic acids is 2. The average Bonchev–Trinajstić information content (AvgIpc) is 3.55. The Labute approximate surface area is 195 Å². The second kappa shape index (κ2) is 8.12. The lowest BCUT2D eigenvalue weighted by molar-refractivity contribution is -0.132. The quantitative estimate of drug-likeness (QED) is 0.765. The van der Waals surface area contributed by atoms with Gasteiger partial charge in [-0.05, 0) is 57.2 Å². The number of fused-ring (bicyclic) bond motifs is 3. The van der Waals surface area contributed by atoms with E-state index in [0.717, 1.165) is 53.3 Å². The van der Waals surface area contributed by atoms with E-state index < -0.39 is 5.41 Å². The van der Waals surface area contributed by atoms with E-state index in [1.54, 1.807) is 0 Å². The molecule has 2 fully saturated rings. The first-order valence-electron chi connectivity index (χ1n) is 12.0. The molecule has 0 saturated carbocycles. The molecule has 0 aliphatic carbocycles. The van der Waals surface area contributed by atoms with Crippen molar-refractivity contribution in [1.82, 2.24) is 15.1 Å². The van der Waals surface area contributed by atoms with Crippen LogP contribution in [-0.2, 0) is 16.6 Å². The summed E-state index contributed by atoms with van der Waals surface area (Å²) in [6.45, 7) is 10.9. The predicted octanol–water partition coefficient (Wildman–Crippen LogP) is 3.38. The van der Waals surface area contributed by atoms with Crippen molar-refractivity contribution < 1.29 is 19.1 Å². The highest BCUT2D eigenvalue weighted by Crippen LogP contribution is 2.54. The number of nitrogens with zero attached hydrogens (tertiary/aromatic N) is 2. The molecule has 176 valence electrons. The van der Waals surface area contributed by atoms with Gasteiger partial charge < -0.3 is 24.6 Å². The van der Waals surface area contributed by atoms with Crippen LogP contribution in [0.1, 0.15) is 45.2 Å². The molecule has 1 spiro atoms. The Kier molecular flexibility index (Phi) is 5.38. The Balaban J connectivity index is 1.43. The zero-order valence-electron chi connectivity index (χ0n) is 19.9. The second-order valence-corrected chi connectivity index (χ2v) is 9.75. The third-order valence-electron chi connectivity index (χ3n) is 7.32. The molecule has 2 atom stereocenters. The van der Waals surface area contributed by atoms with E-state index in [-0.39, 0.29) is 23.9 Å². The zero-order chi connectivity index (χ0) is 23.3. The molecule has 5 rings (SSSR count). The van der Waals surface area contributed by atoms with Gasteiger partial charge in [0.2, 0.25) is 5.91 Å². The lowest BCUT2D eigenvalue weighted by Crippen LogP contribution is -2.43. The lowest BCUT2D eigenvalue weighted by Gasteiger charge is -2.24. The number of benzene rings is 1. The maximum absolute atomic E-state index is 14.1. The van der Waals surface area contributed by atoms with E-state index in [0.29, 0.717) is 26.3 Å². The third-order valence-corrected chi connectivity index (χ3v) is 7.32. The normalized spacial score (nSPS) is 28.2.